The molecular weight excluding hydrogens is 360 g/mol. The molecule has 0 spiro atoms. The Balaban J connectivity index is 2.01. The summed E-state index contributed by atoms with van der Waals surface area (Å²) in [6.07, 6.45) is 0.774. The summed E-state index contributed by atoms with van der Waals surface area (Å²) in [6, 6.07) is 12.0. The van der Waals surface area contributed by atoms with E-state index in [1.807, 2.05) is 38.1 Å². The average molecular weight is 384 g/mol. The van der Waals surface area contributed by atoms with Gasteiger partial charge < -0.3 is 9.64 Å². The predicted octanol–water partition coefficient (Wildman–Crippen LogP) is 3.81. The van der Waals surface area contributed by atoms with Crippen LogP contribution in [0.2, 0.25) is 0 Å². The van der Waals surface area contributed by atoms with Crippen LogP contribution < -0.4 is 0 Å². The average Bonchev–Trinajstić information content (AvgIpc) is 2.67. The third kappa shape index (κ3) is 5.64. The van der Waals surface area contributed by atoms with Gasteiger partial charge in [0, 0.05) is 24.7 Å². The molecule has 0 radical (unpaired) electrons. The largest absolute Gasteiger partial charge is 0.452 e. The van der Waals surface area contributed by atoms with Crippen molar-refractivity contribution in [3.8, 4) is 0 Å². The quantitative estimate of drug-likeness (QED) is 0.392. The third-order valence-electron chi connectivity index (χ3n) is 4.31. The number of nitro benzene ring substituents is 1. The molecule has 0 aliphatic heterocycles. The van der Waals surface area contributed by atoms with Crippen LogP contribution in [0.15, 0.2) is 42.5 Å². The maximum absolute atomic E-state index is 12.5. The number of carbonyl (C=O) groups is 2. The molecule has 0 aromatic heterocycles. The summed E-state index contributed by atoms with van der Waals surface area (Å²) in [6.45, 7) is 6.11. The molecule has 28 heavy (non-hydrogen) atoms. The Kier molecular flexibility index (Phi) is 7.26. The number of rotatable bonds is 8. The topological polar surface area (TPSA) is 89.8 Å². The molecule has 7 nitrogen and oxygen atoms in total. The summed E-state index contributed by atoms with van der Waals surface area (Å²) < 4.78 is 5.10. The fourth-order valence-electron chi connectivity index (χ4n) is 2.71. The number of amides is 1. The highest BCUT2D eigenvalue weighted by atomic mass is 16.6. The van der Waals surface area contributed by atoms with Crippen LogP contribution in [0.3, 0.4) is 0 Å². The molecular formula is C21H24N2O5. The Morgan fingerprint density at radius 1 is 1.11 bits per heavy atom. The van der Waals surface area contributed by atoms with Crippen LogP contribution in [0, 0.1) is 24.0 Å². The van der Waals surface area contributed by atoms with Crippen LogP contribution in [0.1, 0.15) is 40.4 Å². The predicted molar refractivity (Wildman–Crippen MR) is 105 cm³/mol. The minimum Gasteiger partial charge on any atom is -0.452 e. The highest BCUT2D eigenvalue weighted by molar-refractivity contribution is 5.92. The maximum atomic E-state index is 12.5. The summed E-state index contributed by atoms with van der Waals surface area (Å²) in [7, 11) is 0. The van der Waals surface area contributed by atoms with Crippen molar-refractivity contribution in [1.29, 1.82) is 0 Å². The minimum atomic E-state index is -0.761. The summed E-state index contributed by atoms with van der Waals surface area (Å²) in [5, 5.41) is 11.0. The van der Waals surface area contributed by atoms with Crippen molar-refractivity contribution in [3.63, 3.8) is 0 Å². The van der Waals surface area contributed by atoms with E-state index in [9.17, 15) is 19.7 Å². The number of nitro groups is 1. The van der Waals surface area contributed by atoms with Crippen molar-refractivity contribution in [3.05, 3.63) is 74.8 Å². The molecule has 0 heterocycles. The van der Waals surface area contributed by atoms with Crippen molar-refractivity contribution in [2.24, 2.45) is 0 Å². The molecule has 0 fully saturated rings. The van der Waals surface area contributed by atoms with Crippen molar-refractivity contribution in [1.82, 2.24) is 4.90 Å². The second-order valence-electron chi connectivity index (χ2n) is 6.64. The van der Waals surface area contributed by atoms with Gasteiger partial charge in [0.2, 0.25) is 0 Å². The van der Waals surface area contributed by atoms with Gasteiger partial charge in [-0.05, 0) is 31.9 Å². The van der Waals surface area contributed by atoms with Gasteiger partial charge in [0.1, 0.15) is 0 Å². The van der Waals surface area contributed by atoms with E-state index in [1.54, 1.807) is 11.8 Å². The zero-order valence-corrected chi connectivity index (χ0v) is 16.3. The number of aryl methyl sites for hydroxylation is 2. The summed E-state index contributed by atoms with van der Waals surface area (Å²) >= 11 is 0. The molecule has 0 saturated carbocycles. The lowest BCUT2D eigenvalue weighted by Gasteiger charge is -2.22. The second-order valence-corrected chi connectivity index (χ2v) is 6.64. The number of carbonyl (C=O) groups excluding carboxylic acids is 2. The van der Waals surface area contributed by atoms with Crippen LogP contribution in [0.5, 0.6) is 0 Å². The molecule has 1 amide bonds. The molecule has 7 heteroatoms. The van der Waals surface area contributed by atoms with Gasteiger partial charge >= 0.3 is 5.97 Å². The van der Waals surface area contributed by atoms with E-state index >= 15 is 0 Å². The lowest BCUT2D eigenvalue weighted by Crippen LogP contribution is -2.34. The van der Waals surface area contributed by atoms with Crippen molar-refractivity contribution in [2.45, 2.75) is 33.7 Å². The van der Waals surface area contributed by atoms with Crippen LogP contribution in [0.25, 0.3) is 0 Å². The molecule has 2 aromatic rings. The van der Waals surface area contributed by atoms with Crippen LogP contribution >= 0.6 is 0 Å². The SMILES string of the molecule is CCCN(Cc1ccc(C)cc1)C(=O)COC(=O)c1ccc(C)c([N+](=O)[O-])c1. The zero-order chi connectivity index (χ0) is 20.7. The van der Waals surface area contributed by atoms with Crippen molar-refractivity contribution < 1.29 is 19.2 Å². The number of hydrogen-bond donors (Lipinski definition) is 0. The molecule has 2 rings (SSSR count). The molecule has 0 bridgehead atoms. The third-order valence-corrected chi connectivity index (χ3v) is 4.31. The Morgan fingerprint density at radius 3 is 2.39 bits per heavy atom. The van der Waals surface area contributed by atoms with Crippen molar-refractivity contribution >= 4 is 17.6 Å². The van der Waals surface area contributed by atoms with E-state index in [0.29, 0.717) is 18.7 Å². The van der Waals surface area contributed by atoms with Crippen LogP contribution in [-0.4, -0.2) is 34.9 Å². The number of nitrogens with zero attached hydrogens (tertiary/aromatic N) is 2. The fraction of sp³-hybridized carbons (Fsp3) is 0.333. The number of esters is 1. The van der Waals surface area contributed by atoms with Gasteiger partial charge in [-0.15, -0.1) is 0 Å². The molecule has 0 saturated heterocycles. The minimum absolute atomic E-state index is 0.0469. The second kappa shape index (κ2) is 9.64. The Labute approximate surface area is 164 Å². The van der Waals surface area contributed by atoms with Crippen molar-refractivity contribution in [2.75, 3.05) is 13.2 Å². The first kappa shape index (κ1) is 21.1. The Morgan fingerprint density at radius 2 is 1.79 bits per heavy atom. The number of ether oxygens (including phenoxy) is 1. The van der Waals surface area contributed by atoms with Gasteiger partial charge in [0.15, 0.2) is 6.61 Å². The van der Waals surface area contributed by atoms with Gasteiger partial charge in [-0.3, -0.25) is 14.9 Å². The standard InChI is InChI=1S/C21H24N2O5/c1-4-11-22(13-17-8-5-15(2)6-9-17)20(24)14-28-21(25)18-10-7-16(3)19(12-18)23(26)27/h5-10,12H,4,11,13-14H2,1-3H3. The smallest absolute Gasteiger partial charge is 0.338 e. The molecule has 0 unspecified atom stereocenters. The summed E-state index contributed by atoms with van der Waals surface area (Å²) in [5.74, 6) is -1.07. The normalized spacial score (nSPS) is 10.4. The molecule has 2 aromatic carbocycles. The highest BCUT2D eigenvalue weighted by Crippen LogP contribution is 2.19. The molecule has 0 atom stereocenters. The number of benzene rings is 2. The number of hydrogen-bond acceptors (Lipinski definition) is 5. The van der Waals surface area contributed by atoms with E-state index in [2.05, 4.69) is 0 Å². The lowest BCUT2D eigenvalue weighted by atomic mass is 10.1. The van der Waals surface area contributed by atoms with E-state index in [4.69, 9.17) is 4.74 Å². The molecule has 148 valence electrons. The van der Waals surface area contributed by atoms with Gasteiger partial charge in [-0.1, -0.05) is 42.8 Å². The molecule has 0 aliphatic rings. The summed E-state index contributed by atoms with van der Waals surface area (Å²) in [5.41, 5.74) is 2.47. The van der Waals surface area contributed by atoms with Crippen LogP contribution in [0.4, 0.5) is 5.69 Å². The first-order valence-electron chi connectivity index (χ1n) is 9.07. The highest BCUT2D eigenvalue weighted by Gasteiger charge is 2.19. The Hall–Kier alpha value is -3.22. The van der Waals surface area contributed by atoms with Gasteiger partial charge in [0.25, 0.3) is 11.6 Å². The fourth-order valence-corrected chi connectivity index (χ4v) is 2.71. The van der Waals surface area contributed by atoms with Gasteiger partial charge in [-0.25, -0.2) is 4.79 Å². The Bertz CT molecular complexity index is 862. The first-order chi connectivity index (χ1) is 13.3. The van der Waals surface area contributed by atoms with E-state index in [-0.39, 0.29) is 17.2 Å². The van der Waals surface area contributed by atoms with E-state index in [0.717, 1.165) is 23.6 Å². The monoisotopic (exact) mass is 384 g/mol. The summed E-state index contributed by atoms with van der Waals surface area (Å²) in [4.78, 5) is 36.8. The van der Waals surface area contributed by atoms with Gasteiger partial charge in [-0.2, -0.15) is 0 Å². The molecule has 0 N–H and O–H groups in total. The first-order valence-corrected chi connectivity index (χ1v) is 9.07. The molecule has 0 aliphatic carbocycles. The van der Waals surface area contributed by atoms with E-state index < -0.39 is 17.5 Å². The maximum Gasteiger partial charge on any atom is 0.338 e. The van der Waals surface area contributed by atoms with Gasteiger partial charge in [0.05, 0.1) is 10.5 Å². The zero-order valence-electron chi connectivity index (χ0n) is 16.3. The van der Waals surface area contributed by atoms with E-state index in [1.165, 1.54) is 12.1 Å². The lowest BCUT2D eigenvalue weighted by molar-refractivity contribution is -0.385. The van der Waals surface area contributed by atoms with Crippen LogP contribution in [-0.2, 0) is 16.1 Å².